The Labute approximate surface area is 155 Å². The van der Waals surface area contributed by atoms with E-state index in [0.29, 0.717) is 6.42 Å². The Balaban J connectivity index is 1.65. The minimum atomic E-state index is -0.0913. The second-order valence-corrected chi connectivity index (χ2v) is 6.74. The first-order valence-electron chi connectivity index (χ1n) is 9.43. The number of aromatic nitrogens is 3. The Bertz CT molecular complexity index is 745. The highest BCUT2D eigenvalue weighted by atomic mass is 16.1. The largest absolute Gasteiger partial charge is 0.348 e. The summed E-state index contributed by atoms with van der Waals surface area (Å²) in [5.41, 5.74) is 3.06. The van der Waals surface area contributed by atoms with Crippen molar-refractivity contribution in [1.29, 1.82) is 0 Å². The van der Waals surface area contributed by atoms with Crippen LogP contribution >= 0.6 is 0 Å². The van der Waals surface area contributed by atoms with E-state index in [1.807, 2.05) is 31.3 Å². The molecule has 2 aromatic rings. The molecular weight excluding hydrogens is 326 g/mol. The highest BCUT2D eigenvalue weighted by molar-refractivity contribution is 5.79. The zero-order valence-corrected chi connectivity index (χ0v) is 15.8. The van der Waals surface area contributed by atoms with Crippen molar-refractivity contribution in [3.63, 3.8) is 0 Å². The Morgan fingerprint density at radius 2 is 2.12 bits per heavy atom. The van der Waals surface area contributed by atoms with Gasteiger partial charge in [-0.05, 0) is 57.7 Å². The van der Waals surface area contributed by atoms with E-state index >= 15 is 0 Å². The first-order chi connectivity index (χ1) is 12.6. The molecule has 2 aromatic heterocycles. The first-order valence-corrected chi connectivity index (χ1v) is 9.43. The molecule has 2 atom stereocenters. The fourth-order valence-electron chi connectivity index (χ4n) is 3.42. The highest BCUT2D eigenvalue weighted by Gasteiger charge is 2.27. The third-order valence-corrected chi connectivity index (χ3v) is 5.04. The molecule has 0 spiro atoms. The monoisotopic (exact) mass is 353 g/mol. The molecular formula is C20H27N5O. The minimum Gasteiger partial charge on any atom is -0.348 e. The van der Waals surface area contributed by atoms with Crippen LogP contribution in [0.1, 0.15) is 50.2 Å². The van der Waals surface area contributed by atoms with Crippen molar-refractivity contribution >= 4 is 11.9 Å². The van der Waals surface area contributed by atoms with Crippen LogP contribution in [0.4, 0.5) is 5.95 Å². The van der Waals surface area contributed by atoms with E-state index in [4.69, 9.17) is 4.98 Å². The summed E-state index contributed by atoms with van der Waals surface area (Å²) in [7, 11) is 0. The number of hydrogen-bond donors (Lipinski definition) is 1. The van der Waals surface area contributed by atoms with E-state index in [2.05, 4.69) is 34.0 Å². The van der Waals surface area contributed by atoms with Crippen LogP contribution in [0.3, 0.4) is 0 Å². The van der Waals surface area contributed by atoms with Crippen molar-refractivity contribution in [2.45, 2.75) is 46.1 Å². The van der Waals surface area contributed by atoms with Gasteiger partial charge < -0.3 is 10.2 Å². The number of rotatable bonds is 6. The maximum absolute atomic E-state index is 12.7. The van der Waals surface area contributed by atoms with Crippen molar-refractivity contribution in [2.75, 3.05) is 18.0 Å². The fraction of sp³-hybridized carbons (Fsp3) is 0.500. The number of pyridine rings is 1. The Hall–Kier alpha value is -2.50. The van der Waals surface area contributed by atoms with Gasteiger partial charge in [0.1, 0.15) is 0 Å². The predicted octanol–water partition coefficient (Wildman–Crippen LogP) is 2.70. The highest BCUT2D eigenvalue weighted by Crippen LogP contribution is 2.26. The number of nitrogens with one attached hydrogen (secondary N) is 1. The average Bonchev–Trinajstić information content (AvgIpc) is 2.69. The van der Waals surface area contributed by atoms with Gasteiger partial charge in [-0.25, -0.2) is 9.97 Å². The van der Waals surface area contributed by atoms with E-state index in [0.717, 1.165) is 48.8 Å². The summed E-state index contributed by atoms with van der Waals surface area (Å²) in [5.74, 6) is 0.846. The molecule has 2 heterocycles. The second-order valence-electron chi connectivity index (χ2n) is 6.74. The molecule has 0 fully saturated rings. The van der Waals surface area contributed by atoms with Gasteiger partial charge in [0.25, 0.3) is 0 Å². The van der Waals surface area contributed by atoms with Crippen LogP contribution in [0, 0.1) is 5.92 Å². The molecule has 0 saturated carbocycles. The van der Waals surface area contributed by atoms with Gasteiger partial charge in [0.05, 0.1) is 11.7 Å². The van der Waals surface area contributed by atoms with Gasteiger partial charge >= 0.3 is 0 Å². The molecule has 138 valence electrons. The third-order valence-electron chi connectivity index (χ3n) is 5.04. The molecule has 0 saturated heterocycles. The zero-order valence-electron chi connectivity index (χ0n) is 15.8. The standard InChI is InChI=1S/C20H27N5O/c1-4-25(5-2)20-22-13-16-12-15(9-10-18(16)24-20)19(26)23-14(3)17-8-6-7-11-21-17/h6-8,11,13-15H,4-5,9-10,12H2,1-3H3,(H,23,26)/t14-,15-/m0/s1. The molecule has 6 heteroatoms. The zero-order chi connectivity index (χ0) is 18.5. The number of carbonyl (C=O) groups is 1. The lowest BCUT2D eigenvalue weighted by molar-refractivity contribution is -0.126. The van der Waals surface area contributed by atoms with E-state index in [1.54, 1.807) is 6.20 Å². The molecule has 0 aromatic carbocycles. The summed E-state index contributed by atoms with van der Waals surface area (Å²) >= 11 is 0. The van der Waals surface area contributed by atoms with Gasteiger partial charge in [-0.3, -0.25) is 9.78 Å². The lowest BCUT2D eigenvalue weighted by atomic mass is 9.86. The second kappa shape index (κ2) is 8.25. The Morgan fingerprint density at radius 3 is 2.81 bits per heavy atom. The van der Waals surface area contributed by atoms with Crippen molar-refractivity contribution in [2.24, 2.45) is 5.92 Å². The van der Waals surface area contributed by atoms with Crippen LogP contribution in [0.5, 0.6) is 0 Å². The summed E-state index contributed by atoms with van der Waals surface area (Å²) in [5, 5.41) is 3.09. The molecule has 0 aliphatic heterocycles. The number of hydrogen-bond acceptors (Lipinski definition) is 5. The summed E-state index contributed by atoms with van der Waals surface area (Å²) in [6, 6.07) is 5.66. The first kappa shape index (κ1) is 18.3. The van der Waals surface area contributed by atoms with Gasteiger partial charge in [-0.2, -0.15) is 0 Å². The minimum absolute atomic E-state index is 0.0310. The van der Waals surface area contributed by atoms with Gasteiger partial charge in [0, 0.05) is 37.1 Å². The molecule has 0 radical (unpaired) electrons. The van der Waals surface area contributed by atoms with Crippen LogP contribution in [-0.4, -0.2) is 33.9 Å². The number of carbonyl (C=O) groups excluding carboxylic acids is 1. The van der Waals surface area contributed by atoms with E-state index in [9.17, 15) is 4.79 Å². The quantitative estimate of drug-likeness (QED) is 0.864. The molecule has 0 bridgehead atoms. The lowest BCUT2D eigenvalue weighted by Crippen LogP contribution is -2.36. The van der Waals surface area contributed by atoms with Crippen LogP contribution in [0.2, 0.25) is 0 Å². The van der Waals surface area contributed by atoms with Crippen molar-refractivity contribution < 1.29 is 4.79 Å². The lowest BCUT2D eigenvalue weighted by Gasteiger charge is -2.26. The number of anilines is 1. The van der Waals surface area contributed by atoms with Crippen LogP contribution in [-0.2, 0) is 17.6 Å². The summed E-state index contributed by atoms with van der Waals surface area (Å²) in [6.07, 6.45) is 6.00. The van der Waals surface area contributed by atoms with Crippen LogP contribution in [0.25, 0.3) is 0 Å². The average molecular weight is 353 g/mol. The fourth-order valence-corrected chi connectivity index (χ4v) is 3.42. The molecule has 6 nitrogen and oxygen atoms in total. The third kappa shape index (κ3) is 4.00. The van der Waals surface area contributed by atoms with E-state index < -0.39 is 0 Å². The van der Waals surface area contributed by atoms with Crippen molar-refractivity contribution in [1.82, 2.24) is 20.3 Å². The molecule has 3 rings (SSSR count). The Kier molecular flexibility index (Phi) is 5.81. The number of fused-ring (bicyclic) bond motifs is 1. The summed E-state index contributed by atoms with van der Waals surface area (Å²) in [4.78, 5) is 28.4. The maximum Gasteiger partial charge on any atom is 0.225 e. The topological polar surface area (TPSA) is 71.0 Å². The van der Waals surface area contributed by atoms with Gasteiger partial charge in [-0.15, -0.1) is 0 Å². The number of aryl methyl sites for hydroxylation is 1. The van der Waals surface area contributed by atoms with Gasteiger partial charge in [-0.1, -0.05) is 6.07 Å². The number of amides is 1. The SMILES string of the molecule is CCN(CC)c1ncc2c(n1)CC[C@H](C(=O)N[C@@H](C)c1ccccn1)C2. The van der Waals surface area contributed by atoms with E-state index in [1.165, 1.54) is 0 Å². The molecule has 26 heavy (non-hydrogen) atoms. The molecule has 1 aliphatic rings. The summed E-state index contributed by atoms with van der Waals surface area (Å²) < 4.78 is 0. The molecule has 1 N–H and O–H groups in total. The molecule has 0 unspecified atom stereocenters. The maximum atomic E-state index is 12.7. The van der Waals surface area contributed by atoms with Crippen molar-refractivity contribution in [3.8, 4) is 0 Å². The number of nitrogens with zero attached hydrogens (tertiary/aromatic N) is 4. The van der Waals surface area contributed by atoms with Crippen LogP contribution < -0.4 is 10.2 Å². The predicted molar refractivity (Wildman–Crippen MR) is 102 cm³/mol. The van der Waals surface area contributed by atoms with E-state index in [-0.39, 0.29) is 17.9 Å². The van der Waals surface area contributed by atoms with Gasteiger partial charge in [0.2, 0.25) is 11.9 Å². The molecule has 1 amide bonds. The normalized spacial score (nSPS) is 17.3. The van der Waals surface area contributed by atoms with Crippen molar-refractivity contribution in [3.05, 3.63) is 47.5 Å². The Morgan fingerprint density at radius 1 is 1.31 bits per heavy atom. The smallest absolute Gasteiger partial charge is 0.225 e. The molecule has 1 aliphatic carbocycles. The van der Waals surface area contributed by atoms with Gasteiger partial charge in [0.15, 0.2) is 0 Å². The van der Waals surface area contributed by atoms with Crippen LogP contribution in [0.15, 0.2) is 30.6 Å². The summed E-state index contributed by atoms with van der Waals surface area (Å²) in [6.45, 7) is 7.97.